The van der Waals surface area contributed by atoms with Gasteiger partial charge in [-0.25, -0.2) is 0 Å². The largest absolute Gasteiger partial charge is 0.348 e. The van der Waals surface area contributed by atoms with Gasteiger partial charge in [0.1, 0.15) is 0 Å². The maximum Gasteiger partial charge on any atom is 0.251 e. The Morgan fingerprint density at radius 3 is 2.58 bits per heavy atom. The molecule has 0 radical (unpaired) electrons. The Balaban J connectivity index is 2.05. The van der Waals surface area contributed by atoms with Crippen LogP contribution in [0.2, 0.25) is 10.0 Å². The van der Waals surface area contributed by atoms with Gasteiger partial charge < -0.3 is 5.32 Å². The number of nitrogens with one attached hydrogen (secondary N) is 1. The maximum atomic E-state index is 12.2. The van der Waals surface area contributed by atoms with Gasteiger partial charge in [-0.1, -0.05) is 42.5 Å². The number of alkyl halides is 1. The van der Waals surface area contributed by atoms with E-state index in [1.54, 1.807) is 18.2 Å². The van der Waals surface area contributed by atoms with Crippen LogP contribution < -0.4 is 5.32 Å². The molecule has 104 valence electrons. The third kappa shape index (κ3) is 4.01. The zero-order chi connectivity index (χ0) is 13.8. The lowest BCUT2D eigenvalue weighted by atomic mass is 10.1. The van der Waals surface area contributed by atoms with Crippen LogP contribution in [0.3, 0.4) is 0 Å². The second kappa shape index (κ2) is 6.83. The number of halogens is 3. The number of benzene rings is 1. The van der Waals surface area contributed by atoms with Gasteiger partial charge in [-0.3, -0.25) is 4.79 Å². The molecule has 19 heavy (non-hydrogen) atoms. The predicted molar refractivity (Wildman–Crippen MR) is 80.4 cm³/mol. The van der Waals surface area contributed by atoms with E-state index in [0.29, 0.717) is 15.6 Å². The fraction of sp³-hybridized carbons (Fsp3) is 0.500. The molecule has 1 aliphatic carbocycles. The molecule has 0 spiro atoms. The Morgan fingerprint density at radius 1 is 1.11 bits per heavy atom. The predicted octanol–water partition coefficient (Wildman–Crippen LogP) is 4.66. The summed E-state index contributed by atoms with van der Waals surface area (Å²) >= 11 is 18.1. The van der Waals surface area contributed by atoms with Crippen molar-refractivity contribution in [1.29, 1.82) is 0 Å². The Labute approximate surface area is 128 Å². The molecular formula is C14H16Cl3NO. The molecular weight excluding hydrogens is 305 g/mol. The van der Waals surface area contributed by atoms with Crippen molar-refractivity contribution in [3.05, 3.63) is 33.8 Å². The molecule has 1 aromatic rings. The summed E-state index contributed by atoms with van der Waals surface area (Å²) in [7, 11) is 0. The highest BCUT2D eigenvalue weighted by molar-refractivity contribution is 6.42. The van der Waals surface area contributed by atoms with Crippen LogP contribution in [-0.2, 0) is 0 Å². The lowest BCUT2D eigenvalue weighted by Gasteiger charge is -2.21. The molecule has 1 fully saturated rings. The molecule has 0 aromatic heterocycles. The summed E-state index contributed by atoms with van der Waals surface area (Å²) in [5.41, 5.74) is 0.516. The zero-order valence-corrected chi connectivity index (χ0v) is 12.7. The summed E-state index contributed by atoms with van der Waals surface area (Å²) in [5.74, 6) is -0.142. The van der Waals surface area contributed by atoms with Crippen LogP contribution in [0.25, 0.3) is 0 Å². The summed E-state index contributed by atoms with van der Waals surface area (Å²) in [6.45, 7) is 0. The van der Waals surface area contributed by atoms with Crippen molar-refractivity contribution in [2.75, 3.05) is 0 Å². The first-order valence-electron chi connectivity index (χ1n) is 6.48. The molecule has 0 heterocycles. The van der Waals surface area contributed by atoms with E-state index in [9.17, 15) is 4.79 Å². The summed E-state index contributed by atoms with van der Waals surface area (Å²) in [4.78, 5) is 12.2. The standard InChI is InChI=1S/C14H16Cl3NO/c15-10-7-6-9(8-12(10)17)14(19)18-13-5-3-1-2-4-11(13)16/h6-8,11,13H,1-5H2,(H,18,19). The van der Waals surface area contributed by atoms with Crippen molar-refractivity contribution in [3.63, 3.8) is 0 Å². The third-order valence-electron chi connectivity index (χ3n) is 3.43. The van der Waals surface area contributed by atoms with E-state index >= 15 is 0 Å². The van der Waals surface area contributed by atoms with Crippen molar-refractivity contribution in [3.8, 4) is 0 Å². The normalized spacial score (nSPS) is 23.7. The fourth-order valence-corrected chi connectivity index (χ4v) is 2.96. The molecule has 2 unspecified atom stereocenters. The topological polar surface area (TPSA) is 29.1 Å². The number of rotatable bonds is 2. The summed E-state index contributed by atoms with van der Waals surface area (Å²) < 4.78 is 0. The van der Waals surface area contributed by atoms with Gasteiger partial charge in [0, 0.05) is 11.6 Å². The highest BCUT2D eigenvalue weighted by Crippen LogP contribution is 2.24. The molecule has 0 bridgehead atoms. The SMILES string of the molecule is O=C(NC1CCCCCC1Cl)c1ccc(Cl)c(Cl)c1. The summed E-state index contributed by atoms with van der Waals surface area (Å²) in [6, 6.07) is 4.92. The quantitative estimate of drug-likeness (QED) is 0.623. The Bertz CT molecular complexity index is 464. The molecule has 5 heteroatoms. The molecule has 2 rings (SSSR count). The average molecular weight is 321 g/mol. The van der Waals surface area contributed by atoms with E-state index < -0.39 is 0 Å². The van der Waals surface area contributed by atoms with Crippen molar-refractivity contribution < 1.29 is 4.79 Å². The Hall–Kier alpha value is -0.440. The van der Waals surface area contributed by atoms with E-state index in [2.05, 4.69) is 5.32 Å². The third-order valence-corrected chi connectivity index (χ3v) is 4.69. The van der Waals surface area contributed by atoms with Crippen molar-refractivity contribution in [2.24, 2.45) is 0 Å². The minimum Gasteiger partial charge on any atom is -0.348 e. The smallest absolute Gasteiger partial charge is 0.251 e. The number of carbonyl (C=O) groups is 1. The van der Waals surface area contributed by atoms with E-state index in [4.69, 9.17) is 34.8 Å². The van der Waals surface area contributed by atoms with Crippen LogP contribution in [-0.4, -0.2) is 17.3 Å². The number of carbonyl (C=O) groups excluding carboxylic acids is 1. The number of hydrogen-bond donors (Lipinski definition) is 1. The number of amides is 1. The van der Waals surface area contributed by atoms with Gasteiger partial charge in [0.25, 0.3) is 5.91 Å². The van der Waals surface area contributed by atoms with Crippen molar-refractivity contribution >= 4 is 40.7 Å². The zero-order valence-electron chi connectivity index (χ0n) is 10.5. The molecule has 0 aliphatic heterocycles. The average Bonchev–Trinajstić information content (AvgIpc) is 2.58. The second-order valence-corrected chi connectivity index (χ2v) is 6.24. The molecule has 1 aliphatic rings. The molecule has 1 amide bonds. The maximum absolute atomic E-state index is 12.2. The van der Waals surface area contributed by atoms with Crippen molar-refractivity contribution in [1.82, 2.24) is 5.32 Å². The van der Waals surface area contributed by atoms with Crippen LogP contribution in [0.1, 0.15) is 42.5 Å². The Morgan fingerprint density at radius 2 is 1.84 bits per heavy atom. The molecule has 1 aromatic carbocycles. The first kappa shape index (κ1) is 15.0. The van der Waals surface area contributed by atoms with E-state index in [-0.39, 0.29) is 17.3 Å². The second-order valence-electron chi connectivity index (χ2n) is 4.86. The molecule has 0 saturated heterocycles. The summed E-state index contributed by atoms with van der Waals surface area (Å²) in [5, 5.41) is 3.84. The van der Waals surface area contributed by atoms with Crippen LogP contribution in [0.5, 0.6) is 0 Å². The first-order chi connectivity index (χ1) is 9.08. The highest BCUT2D eigenvalue weighted by Gasteiger charge is 2.23. The summed E-state index contributed by atoms with van der Waals surface area (Å²) in [6.07, 6.45) is 5.31. The van der Waals surface area contributed by atoms with Gasteiger partial charge in [0.15, 0.2) is 0 Å². The monoisotopic (exact) mass is 319 g/mol. The van der Waals surface area contributed by atoms with Gasteiger partial charge in [0.05, 0.1) is 15.4 Å². The number of hydrogen-bond acceptors (Lipinski definition) is 1. The van der Waals surface area contributed by atoms with Crippen molar-refractivity contribution in [2.45, 2.75) is 43.5 Å². The molecule has 1 N–H and O–H groups in total. The minimum atomic E-state index is -0.142. The fourth-order valence-electron chi connectivity index (χ4n) is 2.31. The highest BCUT2D eigenvalue weighted by atomic mass is 35.5. The van der Waals surface area contributed by atoms with Gasteiger partial charge in [-0.05, 0) is 31.0 Å². The lowest BCUT2D eigenvalue weighted by molar-refractivity contribution is 0.0934. The molecule has 2 atom stereocenters. The minimum absolute atomic E-state index is 0.00854. The van der Waals surface area contributed by atoms with Crippen LogP contribution >= 0.6 is 34.8 Å². The van der Waals surface area contributed by atoms with E-state index in [0.717, 1.165) is 25.7 Å². The lowest BCUT2D eigenvalue weighted by Crippen LogP contribution is -2.40. The van der Waals surface area contributed by atoms with Crippen LogP contribution in [0.4, 0.5) is 0 Å². The van der Waals surface area contributed by atoms with Crippen LogP contribution in [0, 0.1) is 0 Å². The molecule has 2 nitrogen and oxygen atoms in total. The van der Waals surface area contributed by atoms with E-state index in [1.165, 1.54) is 6.42 Å². The molecule has 1 saturated carbocycles. The van der Waals surface area contributed by atoms with E-state index in [1.807, 2.05) is 0 Å². The van der Waals surface area contributed by atoms with Crippen LogP contribution in [0.15, 0.2) is 18.2 Å². The van der Waals surface area contributed by atoms with Gasteiger partial charge in [-0.2, -0.15) is 0 Å². The first-order valence-corrected chi connectivity index (χ1v) is 7.67. The Kier molecular flexibility index (Phi) is 5.37. The van der Waals surface area contributed by atoms with Gasteiger partial charge in [-0.15, -0.1) is 11.6 Å². The van der Waals surface area contributed by atoms with Gasteiger partial charge in [0.2, 0.25) is 0 Å². The van der Waals surface area contributed by atoms with Gasteiger partial charge >= 0.3 is 0 Å².